The molecule has 0 aliphatic rings. The SMILES string of the molecule is CCCCCCCCCCC(CC(CCC)OS(=O)(=O)c1ccccc1)C(C)O.[H-].[Na+]. The van der Waals surface area contributed by atoms with Crippen molar-refractivity contribution in [2.45, 2.75) is 115 Å². The zero-order valence-electron chi connectivity index (χ0n) is 20.7. The Morgan fingerprint density at radius 1 is 0.900 bits per heavy atom. The smallest absolute Gasteiger partial charge is 1.00 e. The van der Waals surface area contributed by atoms with Gasteiger partial charge in [0, 0.05) is 0 Å². The number of aliphatic hydroxyl groups excluding tert-OH is 1. The summed E-state index contributed by atoms with van der Waals surface area (Å²) in [7, 11) is -3.77. The standard InChI is InChI=1S/C24H42O4S.Na.H/c1-4-6-7-8-9-10-11-13-17-22(21(3)25)20-23(16-5-2)28-29(26,27)24-18-14-12-15-19-24;;/h12,14-15,18-19,21-23,25H,4-11,13,16-17,20H2,1-3H3;;/q;+1;-1. The summed E-state index contributed by atoms with van der Waals surface area (Å²) in [5, 5.41) is 10.2. The van der Waals surface area contributed by atoms with Crippen molar-refractivity contribution in [3.05, 3.63) is 30.3 Å². The Morgan fingerprint density at radius 3 is 2.00 bits per heavy atom. The number of aliphatic hydroxyl groups is 1. The van der Waals surface area contributed by atoms with Crippen LogP contribution in [0.3, 0.4) is 0 Å². The Balaban J connectivity index is 0. The summed E-state index contributed by atoms with van der Waals surface area (Å²) in [6.45, 7) is 6.07. The monoisotopic (exact) mass is 450 g/mol. The fraction of sp³-hybridized carbons (Fsp3) is 0.750. The molecule has 0 heterocycles. The van der Waals surface area contributed by atoms with Gasteiger partial charge in [-0.25, -0.2) is 0 Å². The van der Waals surface area contributed by atoms with Gasteiger partial charge in [-0.05, 0) is 44.2 Å². The van der Waals surface area contributed by atoms with Crippen LogP contribution >= 0.6 is 0 Å². The molecule has 0 aromatic heterocycles. The van der Waals surface area contributed by atoms with Crippen LogP contribution in [0.25, 0.3) is 0 Å². The minimum atomic E-state index is -3.77. The predicted octanol–water partition coefficient (Wildman–Crippen LogP) is 3.60. The molecular formula is C24H43NaO4S. The third kappa shape index (κ3) is 12.8. The van der Waals surface area contributed by atoms with Crippen molar-refractivity contribution < 1.29 is 48.7 Å². The van der Waals surface area contributed by atoms with Crippen LogP contribution in [0.15, 0.2) is 35.2 Å². The van der Waals surface area contributed by atoms with E-state index in [0.717, 1.165) is 19.3 Å². The Kier molecular flexibility index (Phi) is 17.7. The second-order valence-electron chi connectivity index (χ2n) is 8.27. The van der Waals surface area contributed by atoms with Crippen molar-refractivity contribution in [2.24, 2.45) is 5.92 Å². The van der Waals surface area contributed by atoms with Gasteiger partial charge >= 0.3 is 29.6 Å². The van der Waals surface area contributed by atoms with Crippen molar-refractivity contribution in [1.82, 2.24) is 0 Å². The summed E-state index contributed by atoms with van der Waals surface area (Å²) in [6.07, 6.45) is 12.2. The molecule has 0 aliphatic carbocycles. The first kappa shape index (κ1) is 30.1. The number of hydrogen-bond donors (Lipinski definition) is 1. The minimum absolute atomic E-state index is 0. The van der Waals surface area contributed by atoms with Crippen molar-refractivity contribution >= 4 is 10.1 Å². The third-order valence-electron chi connectivity index (χ3n) is 5.58. The molecule has 170 valence electrons. The van der Waals surface area contributed by atoms with E-state index in [1.165, 1.54) is 44.9 Å². The van der Waals surface area contributed by atoms with Gasteiger partial charge in [-0.1, -0.05) is 89.8 Å². The van der Waals surface area contributed by atoms with Gasteiger partial charge < -0.3 is 6.53 Å². The van der Waals surface area contributed by atoms with Crippen LogP contribution in [0, 0.1) is 5.92 Å². The summed E-state index contributed by atoms with van der Waals surface area (Å²) in [4.78, 5) is 0.192. The molecule has 1 aromatic carbocycles. The van der Waals surface area contributed by atoms with E-state index in [4.69, 9.17) is 4.18 Å². The van der Waals surface area contributed by atoms with Gasteiger partial charge in [0.2, 0.25) is 0 Å². The maximum Gasteiger partial charge on any atom is 1.00 e. The summed E-state index contributed by atoms with van der Waals surface area (Å²) in [5.74, 6) is 0.0672. The van der Waals surface area contributed by atoms with Crippen LogP contribution in [-0.4, -0.2) is 25.7 Å². The molecular weight excluding hydrogens is 407 g/mol. The summed E-state index contributed by atoms with van der Waals surface area (Å²) < 4.78 is 30.8. The second-order valence-corrected chi connectivity index (χ2v) is 9.85. The maximum atomic E-state index is 12.6. The van der Waals surface area contributed by atoms with E-state index in [1.54, 1.807) is 30.3 Å². The van der Waals surface area contributed by atoms with Gasteiger partial charge in [-0.15, -0.1) is 0 Å². The molecule has 0 aliphatic heterocycles. The zero-order chi connectivity index (χ0) is 21.5. The van der Waals surface area contributed by atoms with Gasteiger partial charge in [0.25, 0.3) is 10.1 Å². The predicted molar refractivity (Wildman–Crippen MR) is 122 cm³/mol. The summed E-state index contributed by atoms with van der Waals surface area (Å²) >= 11 is 0. The molecule has 30 heavy (non-hydrogen) atoms. The number of rotatable bonds is 17. The Labute approximate surface area is 209 Å². The van der Waals surface area contributed by atoms with E-state index in [1.807, 2.05) is 13.8 Å². The fourth-order valence-electron chi connectivity index (χ4n) is 3.78. The second kappa shape index (κ2) is 17.6. The molecule has 1 aromatic rings. The first-order valence-corrected chi connectivity index (χ1v) is 13.0. The van der Waals surface area contributed by atoms with Crippen LogP contribution < -0.4 is 29.6 Å². The van der Waals surface area contributed by atoms with Crippen LogP contribution in [0.1, 0.15) is 99.2 Å². The molecule has 0 amide bonds. The molecule has 6 heteroatoms. The van der Waals surface area contributed by atoms with E-state index in [-0.39, 0.29) is 47.9 Å². The van der Waals surface area contributed by atoms with Crippen LogP contribution in [0.4, 0.5) is 0 Å². The van der Waals surface area contributed by atoms with Gasteiger partial charge in [0.05, 0.1) is 17.1 Å². The Bertz CT molecular complexity index is 626. The largest absolute Gasteiger partial charge is 1.00 e. The average molecular weight is 451 g/mol. The molecule has 4 nitrogen and oxygen atoms in total. The van der Waals surface area contributed by atoms with E-state index in [0.29, 0.717) is 12.8 Å². The number of hydrogen-bond acceptors (Lipinski definition) is 4. The van der Waals surface area contributed by atoms with Crippen LogP contribution in [0.2, 0.25) is 0 Å². The maximum absolute atomic E-state index is 12.6. The van der Waals surface area contributed by atoms with Gasteiger partial charge in [-0.2, -0.15) is 8.42 Å². The van der Waals surface area contributed by atoms with Gasteiger partial charge in [0.15, 0.2) is 0 Å². The first-order valence-electron chi connectivity index (χ1n) is 11.6. The van der Waals surface area contributed by atoms with Crippen molar-refractivity contribution in [2.75, 3.05) is 0 Å². The normalized spacial score (nSPS) is 14.7. The molecule has 0 saturated heterocycles. The molecule has 0 fully saturated rings. The van der Waals surface area contributed by atoms with Crippen LogP contribution in [0.5, 0.6) is 0 Å². The van der Waals surface area contributed by atoms with Gasteiger partial charge in [-0.3, -0.25) is 4.18 Å². The third-order valence-corrected chi connectivity index (χ3v) is 6.96. The van der Waals surface area contributed by atoms with Gasteiger partial charge in [0.1, 0.15) is 0 Å². The average Bonchev–Trinajstić information content (AvgIpc) is 2.69. The molecule has 0 saturated carbocycles. The molecule has 0 radical (unpaired) electrons. The van der Waals surface area contributed by atoms with Crippen molar-refractivity contribution in [3.63, 3.8) is 0 Å². The summed E-state index contributed by atoms with van der Waals surface area (Å²) in [6, 6.07) is 8.31. The van der Waals surface area contributed by atoms with E-state index < -0.39 is 16.2 Å². The zero-order valence-corrected chi connectivity index (χ0v) is 22.5. The van der Waals surface area contributed by atoms with Crippen molar-refractivity contribution in [3.8, 4) is 0 Å². The Hall–Kier alpha value is 0.0900. The van der Waals surface area contributed by atoms with E-state index in [2.05, 4.69) is 6.92 Å². The first-order chi connectivity index (χ1) is 13.9. The molecule has 0 bridgehead atoms. The van der Waals surface area contributed by atoms with Crippen LogP contribution in [-0.2, 0) is 14.3 Å². The van der Waals surface area contributed by atoms with Crippen molar-refractivity contribution in [1.29, 1.82) is 0 Å². The topological polar surface area (TPSA) is 63.6 Å². The molecule has 1 N–H and O–H groups in total. The molecule has 3 unspecified atom stereocenters. The Morgan fingerprint density at radius 2 is 1.47 bits per heavy atom. The summed E-state index contributed by atoms with van der Waals surface area (Å²) in [5.41, 5.74) is 0. The molecule has 1 rings (SSSR count). The number of benzene rings is 1. The number of unbranched alkanes of at least 4 members (excludes halogenated alkanes) is 7. The minimum Gasteiger partial charge on any atom is -1.00 e. The van der Waals surface area contributed by atoms with E-state index >= 15 is 0 Å². The quantitative estimate of drug-likeness (QED) is 0.224. The van der Waals surface area contributed by atoms with E-state index in [9.17, 15) is 13.5 Å². The fourth-order valence-corrected chi connectivity index (χ4v) is 4.92. The molecule has 3 atom stereocenters. The molecule has 0 spiro atoms.